The Morgan fingerprint density at radius 2 is 1.92 bits per heavy atom. The van der Waals surface area contributed by atoms with Gasteiger partial charge >= 0.3 is 0 Å². The molecule has 0 fully saturated rings. The Hall–Kier alpha value is -2.76. The Labute approximate surface area is 145 Å². The molecule has 0 aliphatic carbocycles. The zero-order valence-electron chi connectivity index (χ0n) is 14.1. The first-order valence-corrected chi connectivity index (χ1v) is 8.23. The van der Waals surface area contributed by atoms with Crippen LogP contribution in [0.3, 0.4) is 0 Å². The summed E-state index contributed by atoms with van der Waals surface area (Å²) in [6, 6.07) is 9.15. The van der Waals surface area contributed by atoms with Crippen LogP contribution in [0.25, 0.3) is 0 Å². The van der Waals surface area contributed by atoms with Crippen molar-refractivity contribution in [2.24, 2.45) is 4.99 Å². The molecular weight excluding hydrogens is 324 g/mol. The topological polar surface area (TPSA) is 44.7 Å². The average molecular weight is 343 g/mol. The SMILES string of the molecule is CCN(CC)c1ccc(N=CC2C(=O)Nc3cccc(F)c32)cc1F. The van der Waals surface area contributed by atoms with Crippen LogP contribution in [0.4, 0.5) is 25.8 Å². The highest BCUT2D eigenvalue weighted by Crippen LogP contribution is 2.34. The van der Waals surface area contributed by atoms with E-state index in [0.717, 1.165) is 0 Å². The first kappa shape index (κ1) is 17.1. The van der Waals surface area contributed by atoms with Gasteiger partial charge in [0.05, 0.1) is 11.4 Å². The predicted molar refractivity (Wildman–Crippen MR) is 95.9 cm³/mol. The van der Waals surface area contributed by atoms with E-state index in [4.69, 9.17) is 0 Å². The van der Waals surface area contributed by atoms with Gasteiger partial charge in [0.25, 0.3) is 0 Å². The van der Waals surface area contributed by atoms with E-state index in [9.17, 15) is 13.6 Å². The van der Waals surface area contributed by atoms with E-state index in [2.05, 4.69) is 10.3 Å². The van der Waals surface area contributed by atoms with Crippen molar-refractivity contribution >= 4 is 29.2 Å². The van der Waals surface area contributed by atoms with Crippen LogP contribution >= 0.6 is 0 Å². The molecule has 1 N–H and O–H groups in total. The Morgan fingerprint density at radius 3 is 2.60 bits per heavy atom. The van der Waals surface area contributed by atoms with Crippen LogP contribution in [-0.2, 0) is 4.79 Å². The number of amides is 1. The molecular formula is C19H19F2N3O. The third kappa shape index (κ3) is 3.24. The number of halogens is 2. The van der Waals surface area contributed by atoms with Crippen molar-refractivity contribution < 1.29 is 13.6 Å². The number of benzene rings is 2. The van der Waals surface area contributed by atoms with Gasteiger partial charge in [-0.15, -0.1) is 0 Å². The Balaban J connectivity index is 1.86. The van der Waals surface area contributed by atoms with Gasteiger partial charge in [0.2, 0.25) is 5.91 Å². The summed E-state index contributed by atoms with van der Waals surface area (Å²) < 4.78 is 28.3. The fraction of sp³-hybridized carbons (Fsp3) is 0.263. The van der Waals surface area contributed by atoms with Gasteiger partial charge in [-0.05, 0) is 38.1 Å². The van der Waals surface area contributed by atoms with Crippen molar-refractivity contribution in [1.82, 2.24) is 0 Å². The van der Waals surface area contributed by atoms with Crippen LogP contribution in [0.2, 0.25) is 0 Å². The molecule has 2 aromatic rings. The molecule has 6 heteroatoms. The molecule has 0 radical (unpaired) electrons. The second-order valence-corrected chi connectivity index (χ2v) is 5.75. The summed E-state index contributed by atoms with van der Waals surface area (Å²) in [5.74, 6) is -2.00. The van der Waals surface area contributed by atoms with Crippen molar-refractivity contribution in [3.63, 3.8) is 0 Å². The first-order valence-electron chi connectivity index (χ1n) is 8.23. The van der Waals surface area contributed by atoms with E-state index in [1.165, 1.54) is 24.4 Å². The normalized spacial score (nSPS) is 16.2. The van der Waals surface area contributed by atoms with Gasteiger partial charge in [-0.3, -0.25) is 9.79 Å². The van der Waals surface area contributed by atoms with E-state index in [-0.39, 0.29) is 17.3 Å². The van der Waals surface area contributed by atoms with Gasteiger partial charge in [-0.2, -0.15) is 0 Å². The van der Waals surface area contributed by atoms with Crippen LogP contribution in [0.5, 0.6) is 0 Å². The lowest BCUT2D eigenvalue weighted by atomic mass is 10.0. The van der Waals surface area contributed by atoms with Gasteiger partial charge in [-0.1, -0.05) is 6.07 Å². The quantitative estimate of drug-likeness (QED) is 0.825. The van der Waals surface area contributed by atoms with E-state index in [0.29, 0.717) is 30.2 Å². The minimum absolute atomic E-state index is 0.275. The summed E-state index contributed by atoms with van der Waals surface area (Å²) in [4.78, 5) is 18.1. The summed E-state index contributed by atoms with van der Waals surface area (Å²) in [5.41, 5.74) is 1.62. The highest BCUT2D eigenvalue weighted by Gasteiger charge is 2.31. The minimum Gasteiger partial charge on any atom is -0.370 e. The van der Waals surface area contributed by atoms with Crippen LogP contribution in [0.15, 0.2) is 41.4 Å². The average Bonchev–Trinajstić information content (AvgIpc) is 2.92. The number of carbonyl (C=O) groups is 1. The molecule has 130 valence electrons. The molecule has 0 saturated carbocycles. The van der Waals surface area contributed by atoms with Crippen LogP contribution in [-0.4, -0.2) is 25.2 Å². The van der Waals surface area contributed by atoms with E-state index < -0.39 is 11.7 Å². The summed E-state index contributed by atoms with van der Waals surface area (Å²) in [7, 11) is 0. The molecule has 3 rings (SSSR count). The second-order valence-electron chi connectivity index (χ2n) is 5.75. The first-order chi connectivity index (χ1) is 12.0. The lowest BCUT2D eigenvalue weighted by Gasteiger charge is -2.21. The molecule has 2 aromatic carbocycles. The van der Waals surface area contributed by atoms with Crippen LogP contribution in [0.1, 0.15) is 25.3 Å². The molecule has 0 spiro atoms. The van der Waals surface area contributed by atoms with Gasteiger partial charge in [-0.25, -0.2) is 8.78 Å². The second kappa shape index (κ2) is 7.01. The largest absolute Gasteiger partial charge is 0.370 e. The predicted octanol–water partition coefficient (Wildman–Crippen LogP) is 4.25. The number of hydrogen-bond donors (Lipinski definition) is 1. The van der Waals surface area contributed by atoms with Gasteiger partial charge < -0.3 is 10.2 Å². The van der Waals surface area contributed by atoms with Crippen molar-refractivity contribution in [2.75, 3.05) is 23.3 Å². The number of nitrogens with one attached hydrogen (secondary N) is 1. The zero-order valence-corrected chi connectivity index (χ0v) is 14.1. The Bertz CT molecular complexity index is 831. The molecule has 1 aliphatic rings. The van der Waals surface area contributed by atoms with E-state index in [1.54, 1.807) is 18.2 Å². The van der Waals surface area contributed by atoms with E-state index in [1.807, 2.05) is 18.7 Å². The molecule has 0 aromatic heterocycles. The molecule has 4 nitrogen and oxygen atoms in total. The molecule has 25 heavy (non-hydrogen) atoms. The van der Waals surface area contributed by atoms with Gasteiger partial charge in [0.15, 0.2) is 0 Å². The van der Waals surface area contributed by atoms with Crippen molar-refractivity contribution in [3.05, 3.63) is 53.6 Å². The Morgan fingerprint density at radius 1 is 1.16 bits per heavy atom. The van der Waals surface area contributed by atoms with Crippen molar-refractivity contribution in [2.45, 2.75) is 19.8 Å². The Kier molecular flexibility index (Phi) is 4.79. The third-order valence-electron chi connectivity index (χ3n) is 4.31. The lowest BCUT2D eigenvalue weighted by Crippen LogP contribution is -2.22. The van der Waals surface area contributed by atoms with Crippen molar-refractivity contribution in [3.8, 4) is 0 Å². The maximum Gasteiger partial charge on any atom is 0.237 e. The summed E-state index contributed by atoms with van der Waals surface area (Å²) >= 11 is 0. The molecule has 1 heterocycles. The summed E-state index contributed by atoms with van der Waals surface area (Å²) in [6.07, 6.45) is 1.36. The van der Waals surface area contributed by atoms with Crippen molar-refractivity contribution in [1.29, 1.82) is 0 Å². The maximum atomic E-state index is 14.3. The molecule has 0 bridgehead atoms. The number of fused-ring (bicyclic) bond motifs is 1. The monoisotopic (exact) mass is 343 g/mol. The van der Waals surface area contributed by atoms with Crippen LogP contribution in [0, 0.1) is 11.6 Å². The lowest BCUT2D eigenvalue weighted by molar-refractivity contribution is -0.115. The standard InChI is InChI=1S/C19H19F2N3O/c1-3-24(4-2)17-9-8-12(10-15(17)21)22-11-13-18-14(20)6-5-7-16(18)23-19(13)25/h5-11,13H,3-4H2,1-2H3,(H,23,25). The molecule has 1 amide bonds. The minimum atomic E-state index is -0.818. The zero-order chi connectivity index (χ0) is 18.0. The molecule has 0 saturated heterocycles. The number of carbonyl (C=O) groups excluding carboxylic acids is 1. The molecule has 1 atom stereocenters. The summed E-state index contributed by atoms with van der Waals surface area (Å²) in [6.45, 7) is 5.32. The number of nitrogens with zero attached hydrogens (tertiary/aromatic N) is 2. The number of hydrogen-bond acceptors (Lipinski definition) is 3. The number of anilines is 2. The maximum absolute atomic E-state index is 14.3. The number of aliphatic imine (C=N–C) groups is 1. The van der Waals surface area contributed by atoms with Gasteiger partial charge in [0, 0.05) is 36.6 Å². The summed E-state index contributed by atoms with van der Waals surface area (Å²) in [5, 5.41) is 2.62. The van der Waals surface area contributed by atoms with E-state index >= 15 is 0 Å². The molecule has 1 aliphatic heterocycles. The third-order valence-corrected chi connectivity index (χ3v) is 4.31. The highest BCUT2D eigenvalue weighted by molar-refractivity contribution is 6.12. The number of rotatable bonds is 5. The van der Waals surface area contributed by atoms with Gasteiger partial charge in [0.1, 0.15) is 17.6 Å². The fourth-order valence-corrected chi connectivity index (χ4v) is 3.00. The smallest absolute Gasteiger partial charge is 0.237 e. The fourth-order valence-electron chi connectivity index (χ4n) is 3.00. The van der Waals surface area contributed by atoms with Crippen LogP contribution < -0.4 is 10.2 Å². The molecule has 1 unspecified atom stereocenters. The highest BCUT2D eigenvalue weighted by atomic mass is 19.1.